The van der Waals surface area contributed by atoms with E-state index < -0.39 is 0 Å². The Kier molecular flexibility index (Phi) is 4.33. The molecule has 1 aromatic rings. The van der Waals surface area contributed by atoms with Crippen LogP contribution in [0.15, 0.2) is 24.3 Å². The molecule has 0 radical (unpaired) electrons. The van der Waals surface area contributed by atoms with Crippen LogP contribution >= 0.6 is 0 Å². The molecule has 29 heavy (non-hydrogen) atoms. The minimum Gasteiger partial charge on any atom is -0.497 e. The highest BCUT2D eigenvalue weighted by molar-refractivity contribution is 5.84. The number of ether oxygens (including phenoxy) is 1. The molecular weight excluding hydrogens is 360 g/mol. The van der Waals surface area contributed by atoms with Gasteiger partial charge in [-0.25, -0.2) is 0 Å². The van der Waals surface area contributed by atoms with E-state index in [0.29, 0.717) is 17.7 Å². The van der Waals surface area contributed by atoms with Gasteiger partial charge in [-0.1, -0.05) is 26.0 Å². The predicted octanol–water partition coefficient (Wildman–Crippen LogP) is 4.12. The third-order valence-corrected chi connectivity index (χ3v) is 8.82. The average Bonchev–Trinajstić information content (AvgIpc) is 2.68. The number of hydrogen-bond donors (Lipinski definition) is 1. The van der Waals surface area contributed by atoms with Crippen molar-refractivity contribution in [2.45, 2.75) is 70.3 Å². The van der Waals surface area contributed by atoms with Crippen molar-refractivity contribution in [2.24, 2.45) is 28.4 Å². The summed E-state index contributed by atoms with van der Waals surface area (Å²) in [6, 6.07) is 8.89. The zero-order valence-corrected chi connectivity index (χ0v) is 18.2. The van der Waals surface area contributed by atoms with Gasteiger partial charge >= 0.3 is 0 Å². The number of rotatable bonds is 3. The number of methoxy groups -OCH3 is 1. The van der Waals surface area contributed by atoms with Crippen LogP contribution in [-0.4, -0.2) is 37.0 Å². The first-order valence-corrected chi connectivity index (χ1v) is 11.4. The zero-order valence-electron chi connectivity index (χ0n) is 18.2. The molecule has 0 aromatic heterocycles. The molecule has 5 aliphatic rings. The van der Waals surface area contributed by atoms with Gasteiger partial charge in [0, 0.05) is 19.1 Å². The number of nitrogens with zero attached hydrogens (tertiary/aromatic N) is 1. The van der Waals surface area contributed by atoms with E-state index in [4.69, 9.17) is 10.5 Å². The lowest BCUT2D eigenvalue weighted by atomic mass is 9.42. The first-order valence-electron chi connectivity index (χ1n) is 11.4. The van der Waals surface area contributed by atoms with E-state index in [-0.39, 0.29) is 22.3 Å². The Morgan fingerprint density at radius 3 is 2.34 bits per heavy atom. The molecule has 6 rings (SSSR count). The highest BCUT2D eigenvalue weighted by atomic mass is 16.5. The maximum atomic E-state index is 14.0. The van der Waals surface area contributed by atoms with Crippen molar-refractivity contribution in [3.05, 3.63) is 29.8 Å². The average molecular weight is 397 g/mol. The number of benzene rings is 1. The summed E-state index contributed by atoms with van der Waals surface area (Å²) in [7, 11) is 1.72. The van der Waals surface area contributed by atoms with Gasteiger partial charge in [-0.15, -0.1) is 0 Å². The number of carbonyl (C=O) groups is 1. The van der Waals surface area contributed by atoms with Gasteiger partial charge in [0.2, 0.25) is 5.91 Å². The third-order valence-electron chi connectivity index (χ3n) is 8.82. The van der Waals surface area contributed by atoms with Gasteiger partial charge < -0.3 is 15.4 Å². The standard InChI is InChI=1S/C25H36N2O2/c1-23(2)16-27(9-8-21(23)26)22(28)25-13-17-10-18(14-25)12-24(11-17,15-25)19-4-6-20(29-3)7-5-19/h4-7,17-18,21H,8-16,26H2,1-3H3. The Morgan fingerprint density at radius 2 is 1.76 bits per heavy atom. The van der Waals surface area contributed by atoms with Crippen LogP contribution in [0.4, 0.5) is 0 Å². The van der Waals surface area contributed by atoms with Crippen molar-refractivity contribution in [1.82, 2.24) is 4.90 Å². The molecule has 3 unspecified atom stereocenters. The second kappa shape index (κ2) is 6.47. The molecule has 4 saturated carbocycles. The highest BCUT2D eigenvalue weighted by Crippen LogP contribution is 2.66. The van der Waals surface area contributed by atoms with E-state index in [0.717, 1.165) is 44.5 Å². The van der Waals surface area contributed by atoms with E-state index >= 15 is 0 Å². The monoisotopic (exact) mass is 396 g/mol. The van der Waals surface area contributed by atoms with Crippen LogP contribution in [0.2, 0.25) is 0 Å². The van der Waals surface area contributed by atoms with E-state index in [1.165, 1.54) is 24.8 Å². The van der Waals surface area contributed by atoms with E-state index in [1.54, 1.807) is 7.11 Å². The molecule has 2 N–H and O–H groups in total. The quantitative estimate of drug-likeness (QED) is 0.836. The molecule has 158 valence electrons. The summed E-state index contributed by atoms with van der Waals surface area (Å²) in [5, 5.41) is 0. The van der Waals surface area contributed by atoms with Crippen molar-refractivity contribution in [2.75, 3.05) is 20.2 Å². The third kappa shape index (κ3) is 3.01. The molecule has 4 bridgehead atoms. The Labute approximate surface area is 175 Å². The molecule has 5 fully saturated rings. The number of carbonyl (C=O) groups excluding carboxylic acids is 1. The van der Waals surface area contributed by atoms with Crippen molar-refractivity contribution in [3.63, 3.8) is 0 Å². The second-order valence-corrected chi connectivity index (χ2v) is 11.4. The van der Waals surface area contributed by atoms with Crippen LogP contribution in [0.25, 0.3) is 0 Å². The fourth-order valence-electron chi connectivity index (χ4n) is 7.68. The van der Waals surface area contributed by atoms with Crippen molar-refractivity contribution in [3.8, 4) is 5.75 Å². The topological polar surface area (TPSA) is 55.6 Å². The summed E-state index contributed by atoms with van der Waals surface area (Å²) >= 11 is 0. The van der Waals surface area contributed by atoms with Gasteiger partial charge in [0.1, 0.15) is 5.75 Å². The largest absolute Gasteiger partial charge is 0.497 e. The fourth-order valence-corrected chi connectivity index (χ4v) is 7.68. The molecule has 4 heteroatoms. The summed E-state index contributed by atoms with van der Waals surface area (Å²) in [6.07, 6.45) is 7.98. The van der Waals surface area contributed by atoms with Crippen LogP contribution in [0, 0.1) is 22.7 Å². The summed E-state index contributed by atoms with van der Waals surface area (Å²) in [6.45, 7) is 6.07. The number of hydrogen-bond acceptors (Lipinski definition) is 3. The number of piperidine rings is 1. The van der Waals surface area contributed by atoms with Gasteiger partial charge in [0.25, 0.3) is 0 Å². The van der Waals surface area contributed by atoms with Crippen LogP contribution < -0.4 is 10.5 Å². The minimum atomic E-state index is -0.151. The van der Waals surface area contributed by atoms with Gasteiger partial charge in [0.15, 0.2) is 0 Å². The summed E-state index contributed by atoms with van der Waals surface area (Å²) in [5.74, 6) is 2.74. The van der Waals surface area contributed by atoms with Gasteiger partial charge in [-0.05, 0) is 85.3 Å². The molecule has 0 spiro atoms. The Morgan fingerprint density at radius 1 is 1.10 bits per heavy atom. The second-order valence-electron chi connectivity index (χ2n) is 11.4. The van der Waals surface area contributed by atoms with Crippen molar-refractivity contribution >= 4 is 5.91 Å². The van der Waals surface area contributed by atoms with E-state index in [1.807, 2.05) is 0 Å². The molecule has 1 aliphatic heterocycles. The van der Waals surface area contributed by atoms with Gasteiger partial charge in [0.05, 0.1) is 12.5 Å². The number of nitrogens with two attached hydrogens (primary N) is 1. The van der Waals surface area contributed by atoms with Crippen LogP contribution in [0.3, 0.4) is 0 Å². The molecule has 4 nitrogen and oxygen atoms in total. The lowest BCUT2D eigenvalue weighted by Gasteiger charge is -2.62. The normalized spacial score (nSPS) is 40.1. The first-order chi connectivity index (χ1) is 13.8. The molecule has 1 amide bonds. The molecule has 1 aromatic carbocycles. The SMILES string of the molecule is COc1ccc(C23CC4CC(CC(C(=O)N5CCC(N)C(C)(C)C5)(C4)C2)C3)cc1. The Balaban J connectivity index is 1.45. The fraction of sp³-hybridized carbons (Fsp3) is 0.720. The maximum Gasteiger partial charge on any atom is 0.228 e. The van der Waals surface area contributed by atoms with Crippen LogP contribution in [0.5, 0.6) is 5.75 Å². The van der Waals surface area contributed by atoms with Crippen molar-refractivity contribution < 1.29 is 9.53 Å². The Hall–Kier alpha value is -1.55. The molecule has 1 saturated heterocycles. The highest BCUT2D eigenvalue weighted by Gasteiger charge is 2.61. The van der Waals surface area contributed by atoms with E-state index in [2.05, 4.69) is 43.0 Å². The van der Waals surface area contributed by atoms with Crippen LogP contribution in [-0.2, 0) is 10.2 Å². The number of amides is 1. The maximum absolute atomic E-state index is 14.0. The lowest BCUT2D eigenvalue weighted by Crippen LogP contribution is -2.62. The molecule has 4 aliphatic carbocycles. The summed E-state index contributed by atoms with van der Waals surface area (Å²) in [4.78, 5) is 16.2. The Bertz CT molecular complexity index is 786. The lowest BCUT2D eigenvalue weighted by molar-refractivity contribution is -0.163. The molecule has 3 atom stereocenters. The zero-order chi connectivity index (χ0) is 20.4. The molecule has 1 heterocycles. The van der Waals surface area contributed by atoms with Gasteiger partial charge in [-0.2, -0.15) is 0 Å². The minimum absolute atomic E-state index is 0.00384. The number of likely N-dealkylation sites (tertiary alicyclic amines) is 1. The summed E-state index contributed by atoms with van der Waals surface area (Å²) in [5.41, 5.74) is 7.80. The summed E-state index contributed by atoms with van der Waals surface area (Å²) < 4.78 is 5.38. The predicted molar refractivity (Wildman–Crippen MR) is 115 cm³/mol. The van der Waals surface area contributed by atoms with Crippen molar-refractivity contribution in [1.29, 1.82) is 0 Å². The molecular formula is C25H36N2O2. The smallest absolute Gasteiger partial charge is 0.228 e. The van der Waals surface area contributed by atoms with E-state index in [9.17, 15) is 4.79 Å². The first kappa shape index (κ1) is 19.4. The van der Waals surface area contributed by atoms with Gasteiger partial charge in [-0.3, -0.25) is 4.79 Å². The van der Waals surface area contributed by atoms with Crippen LogP contribution in [0.1, 0.15) is 64.4 Å².